The molecule has 0 aliphatic carbocycles. The molecule has 2 nitrogen and oxygen atoms in total. The molecule has 0 saturated carbocycles. The summed E-state index contributed by atoms with van der Waals surface area (Å²) in [7, 11) is 0. The minimum Gasteiger partial charge on any atom is -0.456 e. The van der Waals surface area contributed by atoms with Gasteiger partial charge in [0, 0.05) is 31.2 Å². The van der Waals surface area contributed by atoms with Gasteiger partial charge in [-0.05, 0) is 70.8 Å². The maximum Gasteiger partial charge on any atom is 0.137 e. The molecule has 1 N–H and O–H groups in total. The first-order chi connectivity index (χ1) is 19.3. The highest BCUT2D eigenvalue weighted by Gasteiger charge is 2.15. The summed E-state index contributed by atoms with van der Waals surface area (Å²) in [5, 5.41) is 8.55. The van der Waals surface area contributed by atoms with Gasteiger partial charge in [-0.15, -0.1) is 11.3 Å². The lowest BCUT2D eigenvalue weighted by Gasteiger charge is -2.10. The van der Waals surface area contributed by atoms with Crippen LogP contribution in [0.5, 0.6) is 0 Å². The topological polar surface area (TPSA) is 25.2 Å². The first-order valence-corrected chi connectivity index (χ1v) is 13.9. The third-order valence-electron chi connectivity index (χ3n) is 7.48. The van der Waals surface area contributed by atoms with Crippen LogP contribution in [0.4, 0.5) is 11.4 Å². The summed E-state index contributed by atoms with van der Waals surface area (Å²) in [4.78, 5) is 0. The summed E-state index contributed by atoms with van der Waals surface area (Å²) >= 11 is 1.84. The average Bonchev–Trinajstić information content (AvgIpc) is 3.56. The number of rotatable bonds is 4. The number of hydrogen-bond donors (Lipinski definition) is 1. The number of furan rings is 1. The normalized spacial score (nSPS) is 11.6. The zero-order valence-corrected chi connectivity index (χ0v) is 21.8. The van der Waals surface area contributed by atoms with Gasteiger partial charge in [-0.1, -0.05) is 84.9 Å². The molecular weight excluding hydrogens is 494 g/mol. The molecule has 0 aliphatic heterocycles. The highest BCUT2D eigenvalue weighted by molar-refractivity contribution is 7.26. The molecule has 2 heterocycles. The largest absolute Gasteiger partial charge is 0.456 e. The van der Waals surface area contributed by atoms with E-state index in [1.807, 2.05) is 17.4 Å². The first-order valence-electron chi connectivity index (χ1n) is 13.1. The Labute approximate surface area is 229 Å². The van der Waals surface area contributed by atoms with Gasteiger partial charge in [-0.2, -0.15) is 0 Å². The Morgan fingerprint density at radius 3 is 1.87 bits per heavy atom. The molecular formula is C36H23NOS. The van der Waals surface area contributed by atoms with Gasteiger partial charge in [0.1, 0.15) is 11.2 Å². The fourth-order valence-corrected chi connectivity index (χ4v) is 6.74. The molecule has 0 aliphatic rings. The molecule has 39 heavy (non-hydrogen) atoms. The highest BCUT2D eigenvalue weighted by Crippen LogP contribution is 2.43. The minimum atomic E-state index is 0.883. The number of nitrogens with one attached hydrogen (secondary N) is 1. The van der Waals surface area contributed by atoms with E-state index < -0.39 is 0 Å². The second kappa shape index (κ2) is 8.87. The summed E-state index contributed by atoms with van der Waals surface area (Å²) in [6.45, 7) is 0. The number of hydrogen-bond acceptors (Lipinski definition) is 3. The minimum absolute atomic E-state index is 0.883. The summed E-state index contributed by atoms with van der Waals surface area (Å²) in [5.74, 6) is 0. The maximum atomic E-state index is 6.36. The number of fused-ring (bicyclic) bond motifs is 6. The summed E-state index contributed by atoms with van der Waals surface area (Å²) in [6.07, 6.45) is 0. The molecule has 184 valence electrons. The summed E-state index contributed by atoms with van der Waals surface area (Å²) in [5.41, 5.74) is 8.73. The van der Waals surface area contributed by atoms with Gasteiger partial charge in [0.25, 0.3) is 0 Å². The predicted molar refractivity (Wildman–Crippen MR) is 167 cm³/mol. The molecule has 0 radical (unpaired) electrons. The lowest BCUT2D eigenvalue weighted by Crippen LogP contribution is -1.91. The first kappa shape index (κ1) is 22.2. The van der Waals surface area contributed by atoms with Crippen LogP contribution in [0.1, 0.15) is 0 Å². The van der Waals surface area contributed by atoms with Crippen molar-refractivity contribution in [3.8, 4) is 22.3 Å². The molecule has 0 fully saturated rings. The van der Waals surface area contributed by atoms with Crippen LogP contribution in [0.25, 0.3) is 64.4 Å². The fraction of sp³-hybridized carbons (Fsp3) is 0. The zero-order chi connectivity index (χ0) is 25.8. The van der Waals surface area contributed by atoms with Gasteiger partial charge in [-0.3, -0.25) is 0 Å². The SMILES string of the molecule is c1ccc(-c2ccc3c(c2)oc2cccc(Nc4cccc5sc6ccc(-c7ccccc7)cc6c45)c23)cc1. The van der Waals surface area contributed by atoms with Crippen molar-refractivity contribution in [1.29, 1.82) is 0 Å². The smallest absolute Gasteiger partial charge is 0.137 e. The van der Waals surface area contributed by atoms with E-state index in [0.717, 1.165) is 38.9 Å². The molecule has 2 aromatic heterocycles. The van der Waals surface area contributed by atoms with E-state index in [0.29, 0.717) is 0 Å². The van der Waals surface area contributed by atoms with Gasteiger partial charge in [-0.25, -0.2) is 0 Å². The quantitative estimate of drug-likeness (QED) is 0.251. The van der Waals surface area contributed by atoms with Crippen molar-refractivity contribution in [3.05, 3.63) is 133 Å². The standard InChI is InChI=1S/C36H23NOS/c1-3-9-23(10-4-1)25-18-20-33-28(21-25)36-30(14-8-16-34(36)39-33)37-29-13-7-15-31-35(29)27-19-17-26(22-32(27)38-31)24-11-5-2-6-12-24/h1-22,37H. The van der Waals surface area contributed by atoms with Crippen LogP contribution in [0.2, 0.25) is 0 Å². The van der Waals surface area contributed by atoms with Crippen molar-refractivity contribution in [2.75, 3.05) is 5.32 Å². The summed E-state index contributed by atoms with van der Waals surface area (Å²) < 4.78 is 8.93. The third kappa shape index (κ3) is 3.70. The van der Waals surface area contributed by atoms with Crippen LogP contribution in [-0.2, 0) is 0 Å². The Balaban J connectivity index is 1.28. The molecule has 0 unspecified atom stereocenters. The lowest BCUT2D eigenvalue weighted by atomic mass is 10.0. The Morgan fingerprint density at radius 1 is 0.436 bits per heavy atom. The van der Waals surface area contributed by atoms with E-state index in [1.54, 1.807) is 0 Å². The molecule has 0 spiro atoms. The summed E-state index contributed by atoms with van der Waals surface area (Å²) in [6, 6.07) is 47.1. The highest BCUT2D eigenvalue weighted by atomic mass is 32.1. The molecule has 6 aromatic carbocycles. The molecule has 0 bridgehead atoms. The monoisotopic (exact) mass is 517 g/mol. The molecule has 0 amide bonds. The Kier molecular flexibility index (Phi) is 5.04. The maximum absolute atomic E-state index is 6.36. The molecule has 8 aromatic rings. The van der Waals surface area contributed by atoms with E-state index in [9.17, 15) is 0 Å². The van der Waals surface area contributed by atoms with Crippen molar-refractivity contribution in [1.82, 2.24) is 0 Å². The number of thiophene rings is 1. The second-order valence-electron chi connectivity index (χ2n) is 9.84. The van der Waals surface area contributed by atoms with Crippen LogP contribution >= 0.6 is 11.3 Å². The van der Waals surface area contributed by atoms with Gasteiger partial charge in [0.05, 0.1) is 11.1 Å². The van der Waals surface area contributed by atoms with E-state index in [2.05, 4.69) is 133 Å². The van der Waals surface area contributed by atoms with Crippen LogP contribution in [-0.4, -0.2) is 0 Å². The number of anilines is 2. The van der Waals surface area contributed by atoms with Crippen molar-refractivity contribution in [2.24, 2.45) is 0 Å². The fourth-order valence-electron chi connectivity index (χ4n) is 5.63. The van der Waals surface area contributed by atoms with E-state index >= 15 is 0 Å². The van der Waals surface area contributed by atoms with Crippen LogP contribution in [0.3, 0.4) is 0 Å². The molecule has 0 atom stereocenters. The van der Waals surface area contributed by atoms with Gasteiger partial charge in [0.2, 0.25) is 0 Å². The lowest BCUT2D eigenvalue weighted by molar-refractivity contribution is 0.669. The van der Waals surface area contributed by atoms with Gasteiger partial charge >= 0.3 is 0 Å². The van der Waals surface area contributed by atoms with Crippen LogP contribution < -0.4 is 5.32 Å². The molecule has 8 rings (SSSR count). The van der Waals surface area contributed by atoms with E-state index in [-0.39, 0.29) is 0 Å². The molecule has 3 heteroatoms. The van der Waals surface area contributed by atoms with Gasteiger partial charge in [0.15, 0.2) is 0 Å². The van der Waals surface area contributed by atoms with E-state index in [1.165, 1.54) is 36.9 Å². The van der Waals surface area contributed by atoms with Crippen molar-refractivity contribution in [2.45, 2.75) is 0 Å². The number of benzene rings is 6. The van der Waals surface area contributed by atoms with Crippen LogP contribution in [0.15, 0.2) is 138 Å². The van der Waals surface area contributed by atoms with Crippen molar-refractivity contribution >= 4 is 64.8 Å². The van der Waals surface area contributed by atoms with Crippen molar-refractivity contribution < 1.29 is 4.42 Å². The predicted octanol–water partition coefficient (Wildman–Crippen LogP) is 11.0. The second-order valence-corrected chi connectivity index (χ2v) is 10.9. The Hall–Kier alpha value is -4.86. The van der Waals surface area contributed by atoms with Crippen molar-refractivity contribution in [3.63, 3.8) is 0 Å². The van der Waals surface area contributed by atoms with Crippen LogP contribution in [0, 0.1) is 0 Å². The molecule has 0 saturated heterocycles. The van der Waals surface area contributed by atoms with E-state index in [4.69, 9.17) is 4.42 Å². The van der Waals surface area contributed by atoms with Gasteiger partial charge < -0.3 is 9.73 Å². The zero-order valence-electron chi connectivity index (χ0n) is 21.0. The third-order valence-corrected chi connectivity index (χ3v) is 8.61. The Morgan fingerprint density at radius 2 is 1.10 bits per heavy atom. The average molecular weight is 518 g/mol. The Bertz CT molecular complexity index is 2140.